The number of benzene rings is 2. The summed E-state index contributed by atoms with van der Waals surface area (Å²) in [4.78, 5) is 36.3. The van der Waals surface area contributed by atoms with Crippen molar-refractivity contribution in [3.05, 3.63) is 59.7 Å². The zero-order chi connectivity index (χ0) is 23.2. The first kappa shape index (κ1) is 23.1. The van der Waals surface area contributed by atoms with Gasteiger partial charge in [-0.15, -0.1) is 0 Å². The molecule has 2 N–H and O–H groups in total. The maximum atomic E-state index is 12.2. The fourth-order valence-corrected chi connectivity index (χ4v) is 4.81. The number of alkyl carbamates (subject to hydrolysis) is 1. The Bertz CT molecular complexity index is 978. The minimum Gasteiger partial charge on any atom is -0.480 e. The molecule has 1 fully saturated rings. The Morgan fingerprint density at radius 2 is 1.67 bits per heavy atom. The minimum atomic E-state index is -1.01. The number of carboxylic acid groups (broad SMARTS) is 1. The van der Waals surface area contributed by atoms with Gasteiger partial charge in [0.2, 0.25) is 5.91 Å². The van der Waals surface area contributed by atoms with E-state index in [-0.39, 0.29) is 31.1 Å². The van der Waals surface area contributed by atoms with Gasteiger partial charge in [0.1, 0.15) is 13.2 Å². The van der Waals surface area contributed by atoms with Crippen molar-refractivity contribution in [2.75, 3.05) is 44.4 Å². The van der Waals surface area contributed by atoms with Crippen molar-refractivity contribution in [1.82, 2.24) is 10.2 Å². The average molecular weight is 471 g/mol. The van der Waals surface area contributed by atoms with Crippen LogP contribution in [0.15, 0.2) is 48.5 Å². The van der Waals surface area contributed by atoms with Gasteiger partial charge in [-0.2, -0.15) is 11.8 Å². The highest BCUT2D eigenvalue weighted by Crippen LogP contribution is 2.44. The number of nitrogens with zero attached hydrogens (tertiary/aromatic N) is 1. The molecule has 0 unspecified atom stereocenters. The number of likely N-dealkylation sites (tertiary alicyclic amines) is 1. The van der Waals surface area contributed by atoms with Crippen molar-refractivity contribution in [3.63, 3.8) is 0 Å². The largest absolute Gasteiger partial charge is 0.480 e. The summed E-state index contributed by atoms with van der Waals surface area (Å²) in [6.07, 6.45) is -0.671. The maximum absolute atomic E-state index is 12.2. The summed E-state index contributed by atoms with van der Waals surface area (Å²) in [5, 5.41) is 11.3. The topological polar surface area (TPSA) is 105 Å². The molecular weight excluding hydrogens is 444 g/mol. The van der Waals surface area contributed by atoms with Crippen LogP contribution in [0.25, 0.3) is 11.1 Å². The number of hydrogen-bond acceptors (Lipinski definition) is 6. The fourth-order valence-electron chi connectivity index (χ4n) is 4.06. The lowest BCUT2D eigenvalue weighted by Crippen LogP contribution is -2.55. The van der Waals surface area contributed by atoms with Gasteiger partial charge in [-0.25, -0.2) is 9.59 Å². The predicted octanol–water partition coefficient (Wildman–Crippen LogP) is 2.57. The van der Waals surface area contributed by atoms with E-state index in [2.05, 4.69) is 29.6 Å². The van der Waals surface area contributed by atoms with Gasteiger partial charge in [0.15, 0.2) is 0 Å². The molecule has 0 atom stereocenters. The Morgan fingerprint density at radius 3 is 2.30 bits per heavy atom. The lowest BCUT2D eigenvalue weighted by atomic mass is 9.98. The molecule has 0 bridgehead atoms. The number of ether oxygens (including phenoxy) is 2. The molecule has 0 aromatic heterocycles. The average Bonchev–Trinajstić information content (AvgIpc) is 3.10. The Morgan fingerprint density at radius 1 is 1.03 bits per heavy atom. The van der Waals surface area contributed by atoms with Gasteiger partial charge in [-0.3, -0.25) is 4.79 Å². The van der Waals surface area contributed by atoms with Gasteiger partial charge in [-0.05, 0) is 22.3 Å². The zero-order valence-electron chi connectivity index (χ0n) is 18.1. The number of carboxylic acids is 1. The van der Waals surface area contributed by atoms with Crippen LogP contribution >= 0.6 is 11.8 Å². The van der Waals surface area contributed by atoms with Gasteiger partial charge < -0.3 is 24.8 Å². The van der Waals surface area contributed by atoms with Crippen molar-refractivity contribution in [2.45, 2.75) is 12.0 Å². The highest BCUT2D eigenvalue weighted by molar-refractivity contribution is 7.99. The summed E-state index contributed by atoms with van der Waals surface area (Å²) in [7, 11) is 0. The minimum absolute atomic E-state index is 0.0173. The molecule has 9 heteroatoms. The summed E-state index contributed by atoms with van der Waals surface area (Å²) < 4.78 is 10.6. The van der Waals surface area contributed by atoms with Crippen molar-refractivity contribution in [3.8, 4) is 11.1 Å². The van der Waals surface area contributed by atoms with Gasteiger partial charge in [0.05, 0.1) is 11.9 Å². The number of carbonyl (C=O) groups is 3. The summed E-state index contributed by atoms with van der Waals surface area (Å²) in [6, 6.07) is 16.4. The second-order valence-corrected chi connectivity index (χ2v) is 9.04. The lowest BCUT2D eigenvalue weighted by Gasteiger charge is -2.38. The first-order chi connectivity index (χ1) is 16.0. The Balaban J connectivity index is 1.12. The summed E-state index contributed by atoms with van der Waals surface area (Å²) >= 11 is 1.43. The molecule has 1 saturated heterocycles. The monoisotopic (exact) mass is 470 g/mol. The van der Waals surface area contributed by atoms with Gasteiger partial charge in [-0.1, -0.05) is 48.5 Å². The third-order valence-electron chi connectivity index (χ3n) is 5.73. The lowest BCUT2D eigenvalue weighted by molar-refractivity contribution is -0.153. The molecule has 0 radical (unpaired) electrons. The van der Waals surface area contributed by atoms with Crippen LogP contribution in [0.3, 0.4) is 0 Å². The van der Waals surface area contributed by atoms with Crippen LogP contribution in [0.2, 0.25) is 0 Å². The van der Waals surface area contributed by atoms with Crippen LogP contribution in [-0.2, 0) is 19.1 Å². The molecule has 0 spiro atoms. The summed E-state index contributed by atoms with van der Waals surface area (Å²) in [5.74, 6) is -0.119. The maximum Gasteiger partial charge on any atom is 0.407 e. The molecule has 4 rings (SSSR count). The molecule has 1 heterocycles. The number of aliphatic carboxylic acids is 1. The molecule has 174 valence electrons. The third kappa shape index (κ3) is 5.66. The number of thioether (sulfide) groups is 1. The molecule has 1 aliphatic heterocycles. The first-order valence-corrected chi connectivity index (χ1v) is 12.0. The van der Waals surface area contributed by atoms with Crippen molar-refractivity contribution in [2.24, 2.45) is 0 Å². The number of rotatable bonds is 10. The molecule has 2 aromatic rings. The SMILES string of the molecule is O=C(O)COC1CN(C(=O)CSCCNC(=O)OCC2c3ccccc3-c3ccccc32)C1. The summed E-state index contributed by atoms with van der Waals surface area (Å²) in [5.41, 5.74) is 4.71. The van der Waals surface area contributed by atoms with E-state index in [0.717, 1.165) is 0 Å². The van der Waals surface area contributed by atoms with Crippen LogP contribution in [0.1, 0.15) is 17.0 Å². The smallest absolute Gasteiger partial charge is 0.407 e. The fraction of sp³-hybridized carbons (Fsp3) is 0.375. The zero-order valence-corrected chi connectivity index (χ0v) is 18.9. The van der Waals surface area contributed by atoms with E-state index in [1.807, 2.05) is 24.3 Å². The Hall–Kier alpha value is -3.04. The third-order valence-corrected chi connectivity index (χ3v) is 6.67. The quantitative estimate of drug-likeness (QED) is 0.514. The Kier molecular flexibility index (Phi) is 7.51. The number of hydrogen-bond donors (Lipinski definition) is 2. The van der Waals surface area contributed by atoms with E-state index in [4.69, 9.17) is 14.6 Å². The molecule has 1 aliphatic carbocycles. The van der Waals surface area contributed by atoms with Crippen LogP contribution < -0.4 is 5.32 Å². The van der Waals surface area contributed by atoms with Crippen LogP contribution in [0, 0.1) is 0 Å². The van der Waals surface area contributed by atoms with E-state index >= 15 is 0 Å². The van der Waals surface area contributed by atoms with E-state index in [1.54, 1.807) is 4.90 Å². The van der Waals surface area contributed by atoms with Crippen LogP contribution in [0.4, 0.5) is 4.79 Å². The second kappa shape index (κ2) is 10.7. The van der Waals surface area contributed by atoms with Crippen LogP contribution in [-0.4, -0.2) is 78.4 Å². The molecule has 8 nitrogen and oxygen atoms in total. The van der Waals surface area contributed by atoms with Crippen LogP contribution in [0.5, 0.6) is 0 Å². The molecule has 2 aromatic carbocycles. The van der Waals surface area contributed by atoms with Crippen molar-refractivity contribution >= 4 is 29.7 Å². The molecule has 2 aliphatic rings. The Labute approximate surface area is 196 Å². The van der Waals surface area contributed by atoms with Crippen molar-refractivity contribution in [1.29, 1.82) is 0 Å². The van der Waals surface area contributed by atoms with Gasteiger partial charge in [0.25, 0.3) is 0 Å². The number of nitrogens with one attached hydrogen (secondary N) is 1. The van der Waals surface area contributed by atoms with Gasteiger partial charge in [0, 0.05) is 31.3 Å². The first-order valence-electron chi connectivity index (χ1n) is 10.8. The highest BCUT2D eigenvalue weighted by Gasteiger charge is 2.31. The molecule has 33 heavy (non-hydrogen) atoms. The second-order valence-electron chi connectivity index (χ2n) is 7.93. The molecule has 2 amide bonds. The molecular formula is C24H26N2O6S. The van der Waals surface area contributed by atoms with E-state index in [1.165, 1.54) is 34.0 Å². The highest BCUT2D eigenvalue weighted by atomic mass is 32.2. The molecule has 0 saturated carbocycles. The number of amides is 2. The normalized spacial score (nSPS) is 14.8. The van der Waals surface area contributed by atoms with E-state index in [0.29, 0.717) is 31.1 Å². The number of carbonyl (C=O) groups excluding carboxylic acids is 2. The van der Waals surface area contributed by atoms with E-state index < -0.39 is 12.1 Å². The number of fused-ring (bicyclic) bond motifs is 3. The van der Waals surface area contributed by atoms with E-state index in [9.17, 15) is 14.4 Å². The standard InChI is InChI=1S/C24H26N2O6S/c27-22(26-11-16(12-26)31-14-23(28)29)15-33-10-9-25-24(30)32-13-21-19-7-3-1-5-17(19)18-6-2-4-8-20(18)21/h1-8,16,21H,9-15H2,(H,25,30)(H,28,29). The van der Waals surface area contributed by atoms with Crippen molar-refractivity contribution < 1.29 is 29.0 Å². The summed E-state index contributed by atoms with van der Waals surface area (Å²) in [6.45, 7) is 1.17. The van der Waals surface area contributed by atoms with Gasteiger partial charge >= 0.3 is 12.1 Å². The predicted molar refractivity (Wildman–Crippen MR) is 124 cm³/mol.